The van der Waals surface area contributed by atoms with Crippen LogP contribution in [-0.2, 0) is 37.9 Å². The van der Waals surface area contributed by atoms with Gasteiger partial charge in [0.1, 0.15) is 40.6 Å². The van der Waals surface area contributed by atoms with Gasteiger partial charge in [-0.1, -0.05) is 38.0 Å². The number of fused-ring (bicyclic) bond motifs is 3. The maximum atomic E-state index is 14.8. The van der Waals surface area contributed by atoms with Gasteiger partial charge in [-0.3, -0.25) is 28.6 Å². The first-order valence-corrected chi connectivity index (χ1v) is 20.4. The van der Waals surface area contributed by atoms with Gasteiger partial charge in [0, 0.05) is 25.1 Å². The van der Waals surface area contributed by atoms with Crippen LogP contribution in [0, 0.1) is 18.7 Å². The summed E-state index contributed by atoms with van der Waals surface area (Å²) in [6, 6.07) is 3.87. The number of para-hydroxylation sites is 1. The van der Waals surface area contributed by atoms with Gasteiger partial charge in [0.25, 0.3) is 11.8 Å². The van der Waals surface area contributed by atoms with Gasteiger partial charge in [-0.2, -0.15) is 5.10 Å². The predicted octanol–water partition coefficient (Wildman–Crippen LogP) is 2.91. The number of amides is 4. The second-order valence-electron chi connectivity index (χ2n) is 15.5. The molecule has 2 aliphatic carbocycles. The Balaban J connectivity index is 1.21. The van der Waals surface area contributed by atoms with Crippen LogP contribution in [-0.4, -0.2) is 91.7 Å². The van der Waals surface area contributed by atoms with Crippen molar-refractivity contribution in [3.8, 4) is 5.88 Å². The van der Waals surface area contributed by atoms with Crippen LogP contribution in [0.2, 0.25) is 0 Å². The molecule has 55 heavy (non-hydrogen) atoms. The first kappa shape index (κ1) is 38.3. The molecule has 4 aliphatic rings. The Morgan fingerprint density at radius 2 is 1.93 bits per heavy atom. The standard InChI is InChI=1S/C38H47FN8O7S/c1-5-26-34(42-31-25(39)13-11-15-27(31)40-26)54-24-19-30-33(49)43-38(36(51)45-55(52,53)37(3)16-17-37)20-23(38)12-9-7-6-8-10-14-28(35(50)47(30)21-24)41-32(48)29-18-22(2)46(4)44-29/h9,11-13,15,18,23-24,28,30H,5-8,10,14,16-17,19-21H2,1-4H3,(H,41,48)(H,43,49)(H,45,51)/t23-,24-,28+,30+,38-/m1/s1. The van der Waals surface area contributed by atoms with Crippen LogP contribution >= 0.6 is 0 Å². The smallest absolute Gasteiger partial charge is 0.272 e. The van der Waals surface area contributed by atoms with Crippen molar-refractivity contribution in [3.05, 3.63) is 59.3 Å². The van der Waals surface area contributed by atoms with Crippen LogP contribution in [0.25, 0.3) is 11.0 Å². The zero-order valence-corrected chi connectivity index (χ0v) is 32.2. The lowest BCUT2D eigenvalue weighted by Gasteiger charge is -2.30. The molecule has 17 heteroatoms. The number of nitrogens with zero attached hydrogens (tertiary/aromatic N) is 5. The molecule has 1 aromatic carbocycles. The maximum Gasteiger partial charge on any atom is 0.272 e. The molecule has 2 saturated carbocycles. The summed E-state index contributed by atoms with van der Waals surface area (Å²) in [5.41, 5.74) is 0.168. The second kappa shape index (κ2) is 14.6. The molecule has 3 fully saturated rings. The average molecular weight is 779 g/mol. The zero-order valence-electron chi connectivity index (χ0n) is 31.4. The number of aromatic nitrogens is 4. The Morgan fingerprint density at radius 1 is 1.15 bits per heavy atom. The highest BCUT2D eigenvalue weighted by molar-refractivity contribution is 7.91. The van der Waals surface area contributed by atoms with Crippen molar-refractivity contribution in [3.63, 3.8) is 0 Å². The lowest BCUT2D eigenvalue weighted by molar-refractivity contribution is -0.141. The highest BCUT2D eigenvalue weighted by Crippen LogP contribution is 2.47. The van der Waals surface area contributed by atoms with Gasteiger partial charge in [-0.05, 0) is 77.0 Å². The third kappa shape index (κ3) is 7.54. The Kier molecular flexibility index (Phi) is 10.2. The molecule has 4 heterocycles. The van der Waals surface area contributed by atoms with E-state index in [1.54, 1.807) is 37.7 Å². The minimum Gasteiger partial charge on any atom is -0.471 e. The molecular formula is C38H47FN8O7S. The molecule has 5 atom stereocenters. The summed E-state index contributed by atoms with van der Waals surface area (Å²) in [5.74, 6) is -3.55. The van der Waals surface area contributed by atoms with Crippen LogP contribution < -0.4 is 20.1 Å². The number of benzene rings is 1. The van der Waals surface area contributed by atoms with E-state index < -0.39 is 73.9 Å². The minimum absolute atomic E-state index is 0.0136. The molecule has 7 rings (SSSR count). The predicted molar refractivity (Wildman–Crippen MR) is 199 cm³/mol. The summed E-state index contributed by atoms with van der Waals surface area (Å²) in [5, 5.41) is 9.98. The molecule has 2 aromatic heterocycles. The maximum absolute atomic E-state index is 14.8. The van der Waals surface area contributed by atoms with E-state index in [1.165, 1.54) is 17.0 Å². The SMILES string of the molecule is CCc1nc2cccc(F)c2nc1O[C@@H]1C[C@H]2C(=O)N[C@]3(C(=O)NS(=O)(=O)C4(C)CC4)C[C@H]3C=CCCCCC[C@H](NC(=O)c3cc(C)n(C)n3)C(=O)N2C1. The number of halogens is 1. The summed E-state index contributed by atoms with van der Waals surface area (Å²) < 4.78 is 50.2. The van der Waals surface area contributed by atoms with Gasteiger partial charge >= 0.3 is 0 Å². The third-order valence-corrected chi connectivity index (χ3v) is 13.6. The summed E-state index contributed by atoms with van der Waals surface area (Å²) >= 11 is 0. The van der Waals surface area contributed by atoms with Crippen LogP contribution in [0.3, 0.4) is 0 Å². The highest BCUT2D eigenvalue weighted by atomic mass is 32.2. The normalized spacial score (nSPS) is 26.6. The number of sulfonamides is 1. The van der Waals surface area contributed by atoms with E-state index in [2.05, 4.69) is 30.4 Å². The number of rotatable bonds is 8. The fourth-order valence-corrected chi connectivity index (χ4v) is 8.71. The topological polar surface area (TPSA) is 195 Å². The molecule has 0 spiro atoms. The van der Waals surface area contributed by atoms with Crippen molar-refractivity contribution in [1.29, 1.82) is 0 Å². The number of hydrogen-bond acceptors (Lipinski definition) is 10. The number of hydrogen-bond donors (Lipinski definition) is 3. The molecular weight excluding hydrogens is 732 g/mol. The zero-order chi connectivity index (χ0) is 39.3. The molecule has 0 radical (unpaired) electrons. The molecule has 4 amide bonds. The number of allylic oxidation sites excluding steroid dienone is 1. The molecule has 2 aliphatic heterocycles. The fourth-order valence-electron chi connectivity index (χ4n) is 7.40. The van der Waals surface area contributed by atoms with E-state index in [0.29, 0.717) is 43.3 Å². The molecule has 0 bridgehead atoms. The summed E-state index contributed by atoms with van der Waals surface area (Å²) in [6.07, 6.45) is 7.42. The lowest BCUT2D eigenvalue weighted by atomic mass is 10.0. The van der Waals surface area contributed by atoms with E-state index in [0.717, 1.165) is 18.5 Å². The Labute approximate surface area is 318 Å². The van der Waals surface area contributed by atoms with E-state index in [-0.39, 0.29) is 42.9 Å². The first-order chi connectivity index (χ1) is 26.1. The number of carbonyl (C=O) groups is 4. The summed E-state index contributed by atoms with van der Waals surface area (Å²) in [7, 11) is -2.30. The monoisotopic (exact) mass is 778 g/mol. The van der Waals surface area contributed by atoms with Crippen LogP contribution in [0.5, 0.6) is 5.88 Å². The van der Waals surface area contributed by atoms with Crippen LogP contribution in [0.15, 0.2) is 36.4 Å². The number of ether oxygens (including phenoxy) is 1. The summed E-state index contributed by atoms with van der Waals surface area (Å²) in [4.78, 5) is 66.7. The van der Waals surface area contributed by atoms with Gasteiger partial charge in [0.05, 0.1) is 16.8 Å². The van der Waals surface area contributed by atoms with Gasteiger partial charge in [0.2, 0.25) is 27.7 Å². The minimum atomic E-state index is -4.01. The number of aryl methyl sites for hydroxylation is 3. The summed E-state index contributed by atoms with van der Waals surface area (Å²) in [6.45, 7) is 5.13. The third-order valence-electron chi connectivity index (χ3n) is 11.4. The second-order valence-corrected chi connectivity index (χ2v) is 17.7. The quantitative estimate of drug-likeness (QED) is 0.286. The van der Waals surface area contributed by atoms with E-state index in [9.17, 15) is 32.0 Å². The van der Waals surface area contributed by atoms with E-state index >= 15 is 0 Å². The Hall–Kier alpha value is -4.93. The van der Waals surface area contributed by atoms with Crippen molar-refractivity contribution >= 4 is 44.7 Å². The van der Waals surface area contributed by atoms with E-state index in [1.807, 2.05) is 19.1 Å². The van der Waals surface area contributed by atoms with Gasteiger partial charge in [0.15, 0.2) is 5.82 Å². The molecule has 0 unspecified atom stereocenters. The van der Waals surface area contributed by atoms with Crippen molar-refractivity contribution in [2.45, 2.75) is 113 Å². The Morgan fingerprint density at radius 3 is 2.64 bits per heavy atom. The largest absolute Gasteiger partial charge is 0.471 e. The van der Waals surface area contributed by atoms with Gasteiger partial charge in [-0.15, -0.1) is 0 Å². The number of carbonyl (C=O) groups excluding carboxylic acids is 4. The highest BCUT2D eigenvalue weighted by Gasteiger charge is 2.63. The average Bonchev–Trinajstić information content (AvgIpc) is 3.98. The van der Waals surface area contributed by atoms with Crippen LogP contribution in [0.1, 0.15) is 93.5 Å². The van der Waals surface area contributed by atoms with Crippen LogP contribution in [0.4, 0.5) is 4.39 Å². The van der Waals surface area contributed by atoms with Crippen molar-refractivity contribution in [2.24, 2.45) is 13.0 Å². The van der Waals surface area contributed by atoms with Gasteiger partial charge in [-0.25, -0.2) is 22.8 Å². The molecule has 294 valence electrons. The number of nitrogens with one attached hydrogen (secondary N) is 3. The Bertz CT molecular complexity index is 2170. The van der Waals surface area contributed by atoms with Crippen molar-refractivity contribution in [1.82, 2.24) is 40.0 Å². The molecule has 3 aromatic rings. The fraction of sp³-hybridized carbons (Fsp3) is 0.553. The van der Waals surface area contributed by atoms with Gasteiger partial charge < -0.3 is 20.3 Å². The van der Waals surface area contributed by atoms with E-state index in [4.69, 9.17) is 4.74 Å². The molecule has 1 saturated heterocycles. The molecule has 3 N–H and O–H groups in total. The molecule has 15 nitrogen and oxygen atoms in total. The van der Waals surface area contributed by atoms with Crippen molar-refractivity contribution in [2.75, 3.05) is 6.54 Å². The first-order valence-electron chi connectivity index (χ1n) is 18.9. The van der Waals surface area contributed by atoms with Crippen molar-refractivity contribution < 1.29 is 36.7 Å². The lowest BCUT2D eigenvalue weighted by Crippen LogP contribution is -2.58.